The van der Waals surface area contributed by atoms with E-state index in [2.05, 4.69) is 43.6 Å². The molecule has 1 radical (unpaired) electrons. The van der Waals surface area contributed by atoms with Crippen LogP contribution in [0.2, 0.25) is 11.1 Å². The summed E-state index contributed by atoms with van der Waals surface area (Å²) in [6, 6.07) is 4.54. The molecular weight excluding hydrogens is 299 g/mol. The number of hydrogen-bond acceptors (Lipinski definition) is 1. The first-order chi connectivity index (χ1) is 7.91. The minimum Gasteiger partial charge on any atom is -0.496 e. The van der Waals surface area contributed by atoms with E-state index >= 15 is 0 Å². The molecule has 0 atom stereocenters. The Labute approximate surface area is 113 Å². The molecule has 1 rings (SSSR count). The molecule has 1 aromatic carbocycles. The van der Waals surface area contributed by atoms with Crippen molar-refractivity contribution in [2.45, 2.75) is 38.8 Å². The van der Waals surface area contributed by atoms with Gasteiger partial charge in [-0.2, -0.15) is 0 Å². The molecule has 0 aromatic heterocycles. The summed E-state index contributed by atoms with van der Waals surface area (Å²) < 4.78 is 19.4. The predicted octanol–water partition coefficient (Wildman–Crippen LogP) is 4.82. The van der Waals surface area contributed by atoms with E-state index < -0.39 is 8.80 Å². The average molecular weight is 318 g/mol. The van der Waals surface area contributed by atoms with E-state index in [1.54, 1.807) is 6.07 Å². The van der Waals surface area contributed by atoms with E-state index in [9.17, 15) is 4.39 Å². The predicted molar refractivity (Wildman–Crippen MR) is 75.5 cm³/mol. The van der Waals surface area contributed by atoms with Crippen molar-refractivity contribution in [3.05, 3.63) is 28.5 Å². The van der Waals surface area contributed by atoms with E-state index in [-0.39, 0.29) is 5.82 Å². The first kappa shape index (κ1) is 14.7. The first-order valence-corrected chi connectivity index (χ1v) is 8.50. The summed E-state index contributed by atoms with van der Waals surface area (Å²) in [6.07, 6.45) is 0.768. The fraction of sp³-hybridized carbons (Fsp3) is 0.538. The molecule has 4 heteroatoms. The fourth-order valence-corrected chi connectivity index (χ4v) is 4.54. The van der Waals surface area contributed by atoms with Crippen molar-refractivity contribution in [3.63, 3.8) is 0 Å². The molecule has 95 valence electrons. The van der Waals surface area contributed by atoms with Gasteiger partial charge in [0.1, 0.15) is 20.4 Å². The van der Waals surface area contributed by atoms with Gasteiger partial charge in [-0.05, 0) is 45.2 Å². The van der Waals surface area contributed by atoms with Gasteiger partial charge in [0.15, 0.2) is 0 Å². The molecular formula is C13H19BrFOSi. The van der Waals surface area contributed by atoms with E-state index in [1.807, 2.05) is 0 Å². The summed E-state index contributed by atoms with van der Waals surface area (Å²) in [4.78, 5) is 0. The highest BCUT2D eigenvalue weighted by Gasteiger charge is 2.21. The molecule has 0 aliphatic carbocycles. The molecule has 0 fully saturated rings. The maximum absolute atomic E-state index is 12.9. The Morgan fingerprint density at radius 3 is 2.29 bits per heavy atom. The van der Waals surface area contributed by atoms with Crippen LogP contribution in [-0.4, -0.2) is 15.0 Å². The van der Waals surface area contributed by atoms with Gasteiger partial charge < -0.3 is 4.74 Å². The van der Waals surface area contributed by atoms with Gasteiger partial charge >= 0.3 is 0 Å². The van der Waals surface area contributed by atoms with Crippen LogP contribution in [0.3, 0.4) is 0 Å². The zero-order valence-corrected chi connectivity index (χ0v) is 13.3. The van der Waals surface area contributed by atoms with Crippen LogP contribution in [0.1, 0.15) is 27.7 Å². The summed E-state index contributed by atoms with van der Waals surface area (Å²) in [6.45, 7) is 8.99. The average Bonchev–Trinajstić information content (AvgIpc) is 2.20. The molecule has 0 bridgehead atoms. The molecule has 0 N–H and O–H groups in total. The quantitative estimate of drug-likeness (QED) is 0.707. The van der Waals surface area contributed by atoms with Crippen LogP contribution >= 0.6 is 15.9 Å². The molecule has 0 amide bonds. The van der Waals surface area contributed by atoms with E-state index in [4.69, 9.17) is 4.74 Å². The van der Waals surface area contributed by atoms with Gasteiger partial charge in [-0.1, -0.05) is 27.7 Å². The van der Waals surface area contributed by atoms with Crippen molar-refractivity contribution in [3.8, 4) is 5.75 Å². The summed E-state index contributed by atoms with van der Waals surface area (Å²) in [7, 11) is -0.540. The van der Waals surface area contributed by atoms with Crippen LogP contribution in [0.4, 0.5) is 4.39 Å². The van der Waals surface area contributed by atoms with Crippen LogP contribution in [0.15, 0.2) is 22.7 Å². The van der Waals surface area contributed by atoms with Gasteiger partial charge in [-0.25, -0.2) is 4.39 Å². The second-order valence-electron chi connectivity index (χ2n) is 4.75. The van der Waals surface area contributed by atoms with Crippen LogP contribution in [0.25, 0.3) is 0 Å². The highest BCUT2D eigenvalue weighted by atomic mass is 79.9. The Bertz CT molecular complexity index is 360. The van der Waals surface area contributed by atoms with Gasteiger partial charge in [0, 0.05) is 0 Å². The minimum atomic E-state index is -0.540. The molecule has 1 aromatic rings. The van der Waals surface area contributed by atoms with Gasteiger partial charge in [0.05, 0.1) is 10.7 Å². The summed E-state index contributed by atoms with van der Waals surface area (Å²) in [5.74, 6) is 0.484. The maximum atomic E-state index is 12.9. The Balaban J connectivity index is 2.65. The normalized spacial score (nSPS) is 11.6. The zero-order valence-electron chi connectivity index (χ0n) is 10.8. The number of ether oxygens (including phenoxy) is 1. The third-order valence-electron chi connectivity index (χ3n) is 2.77. The lowest BCUT2D eigenvalue weighted by molar-refractivity contribution is 0.373. The van der Waals surface area contributed by atoms with Crippen molar-refractivity contribution in [1.29, 1.82) is 0 Å². The van der Waals surface area contributed by atoms with Crippen molar-refractivity contribution in [2.24, 2.45) is 0 Å². The molecule has 0 saturated carbocycles. The van der Waals surface area contributed by atoms with Crippen LogP contribution < -0.4 is 4.74 Å². The van der Waals surface area contributed by atoms with Gasteiger partial charge in [0.2, 0.25) is 0 Å². The molecule has 0 heterocycles. The molecule has 0 aliphatic heterocycles. The third-order valence-corrected chi connectivity index (χ3v) is 6.84. The Morgan fingerprint density at radius 1 is 1.24 bits per heavy atom. The van der Waals surface area contributed by atoms with Gasteiger partial charge in [-0.3, -0.25) is 0 Å². The lowest BCUT2D eigenvalue weighted by Gasteiger charge is -2.23. The van der Waals surface area contributed by atoms with Crippen molar-refractivity contribution in [2.75, 3.05) is 6.23 Å². The smallest absolute Gasteiger partial charge is 0.133 e. The SMILES string of the molecule is CC(C)[Si](COc1ccc(F)cc1Br)C(C)C. The molecule has 0 spiro atoms. The Kier molecular flexibility index (Phi) is 5.66. The molecule has 1 nitrogen and oxygen atoms in total. The van der Waals surface area contributed by atoms with Crippen molar-refractivity contribution < 1.29 is 9.13 Å². The number of hydrogen-bond donors (Lipinski definition) is 0. The largest absolute Gasteiger partial charge is 0.496 e. The van der Waals surface area contributed by atoms with Crippen molar-refractivity contribution >= 4 is 24.7 Å². The molecule has 17 heavy (non-hydrogen) atoms. The number of rotatable bonds is 5. The highest BCUT2D eigenvalue weighted by Crippen LogP contribution is 2.27. The third kappa shape index (κ3) is 4.43. The van der Waals surface area contributed by atoms with Crippen LogP contribution in [0, 0.1) is 5.82 Å². The number of halogens is 2. The molecule has 0 aliphatic rings. The first-order valence-electron chi connectivity index (χ1n) is 5.85. The van der Waals surface area contributed by atoms with Crippen LogP contribution in [-0.2, 0) is 0 Å². The zero-order chi connectivity index (χ0) is 13.0. The minimum absolute atomic E-state index is 0.248. The van der Waals surface area contributed by atoms with Gasteiger partial charge in [0.25, 0.3) is 0 Å². The molecule has 0 unspecified atom stereocenters. The van der Waals surface area contributed by atoms with Crippen molar-refractivity contribution in [1.82, 2.24) is 0 Å². The Hall–Kier alpha value is -0.353. The van der Waals surface area contributed by atoms with E-state index in [0.29, 0.717) is 15.6 Å². The lowest BCUT2D eigenvalue weighted by atomic mass is 10.3. The second-order valence-corrected chi connectivity index (χ2v) is 9.35. The summed E-state index contributed by atoms with van der Waals surface area (Å²) in [5, 5.41) is 0. The topological polar surface area (TPSA) is 9.23 Å². The summed E-state index contributed by atoms with van der Waals surface area (Å²) >= 11 is 3.32. The monoisotopic (exact) mass is 317 g/mol. The summed E-state index contributed by atoms with van der Waals surface area (Å²) in [5.41, 5.74) is 1.36. The van der Waals surface area contributed by atoms with E-state index in [1.165, 1.54) is 12.1 Å². The van der Waals surface area contributed by atoms with E-state index in [0.717, 1.165) is 12.0 Å². The Morgan fingerprint density at radius 2 is 1.82 bits per heavy atom. The lowest BCUT2D eigenvalue weighted by Crippen LogP contribution is -2.29. The fourth-order valence-electron chi connectivity index (χ4n) is 1.75. The second kappa shape index (κ2) is 6.54. The molecule has 0 saturated heterocycles. The standard InChI is InChI=1S/C13H19BrFOSi/c1-9(2)17(10(3)4)8-16-13-6-5-11(15)7-12(13)14/h5-7,9-10H,8H2,1-4H3. The maximum Gasteiger partial charge on any atom is 0.133 e. The van der Waals surface area contributed by atoms with Gasteiger partial charge in [-0.15, -0.1) is 0 Å². The van der Waals surface area contributed by atoms with Crippen LogP contribution in [0.5, 0.6) is 5.75 Å². The highest BCUT2D eigenvalue weighted by molar-refractivity contribution is 9.10. The number of benzene rings is 1.